The van der Waals surface area contributed by atoms with E-state index >= 15 is 0 Å². The van der Waals surface area contributed by atoms with Crippen molar-refractivity contribution in [1.29, 1.82) is 0 Å². The molecule has 0 unspecified atom stereocenters. The van der Waals surface area contributed by atoms with Gasteiger partial charge in [0.2, 0.25) is 0 Å². The van der Waals surface area contributed by atoms with Crippen LogP contribution in [0, 0.1) is 6.92 Å². The third kappa shape index (κ3) is 4.52. The first kappa shape index (κ1) is 27.4. The van der Waals surface area contributed by atoms with Gasteiger partial charge in [0.05, 0.1) is 47.5 Å². The molecule has 0 aliphatic carbocycles. The van der Waals surface area contributed by atoms with Crippen LogP contribution in [0.2, 0.25) is 19.6 Å². The van der Waals surface area contributed by atoms with Crippen LogP contribution in [0.5, 0.6) is 23.0 Å². The maximum Gasteiger partial charge on any atom is 0.258 e. The Morgan fingerprint density at radius 1 is 0.833 bits per heavy atom. The molecule has 0 bridgehead atoms. The first-order valence-corrected chi connectivity index (χ1v) is 15.8. The van der Waals surface area contributed by atoms with E-state index in [4.69, 9.17) is 18.9 Å². The summed E-state index contributed by atoms with van der Waals surface area (Å²) in [4.78, 5) is 16.0. The average molecular weight is 510 g/mol. The zero-order valence-electron chi connectivity index (χ0n) is 23.3. The fourth-order valence-corrected chi connectivity index (χ4v) is 7.36. The molecule has 0 aliphatic rings. The molecule has 3 rings (SSSR count). The topological polar surface area (TPSA) is 57.2 Å². The minimum Gasteiger partial charge on any atom is -0.496 e. The van der Waals surface area contributed by atoms with Gasteiger partial charge in [0.25, 0.3) is 5.91 Å². The molecular formula is C29H39NO5Si. The number of ether oxygens (including phenoxy) is 4. The molecule has 0 spiro atoms. The summed E-state index contributed by atoms with van der Waals surface area (Å²) in [6.45, 7) is 14.1. The second-order valence-electron chi connectivity index (χ2n) is 9.77. The third-order valence-electron chi connectivity index (χ3n) is 6.68. The summed E-state index contributed by atoms with van der Waals surface area (Å²) in [6.07, 6.45) is 0. The summed E-state index contributed by atoms with van der Waals surface area (Å²) in [5.74, 6) is 2.32. The van der Waals surface area contributed by atoms with Crippen LogP contribution in [0.1, 0.15) is 29.8 Å². The Bertz CT molecular complexity index is 1280. The molecular weight excluding hydrogens is 470 g/mol. The van der Waals surface area contributed by atoms with E-state index in [1.165, 1.54) is 10.8 Å². The molecule has 3 aromatic carbocycles. The molecule has 0 aromatic heterocycles. The summed E-state index contributed by atoms with van der Waals surface area (Å²) in [5, 5.41) is 2.72. The smallest absolute Gasteiger partial charge is 0.258 e. The lowest BCUT2D eigenvalue weighted by Crippen LogP contribution is -2.40. The van der Waals surface area contributed by atoms with Crippen LogP contribution in [-0.2, 0) is 0 Å². The third-order valence-corrected chi connectivity index (χ3v) is 8.81. The van der Waals surface area contributed by atoms with Crippen molar-refractivity contribution in [2.45, 2.75) is 40.4 Å². The maximum atomic E-state index is 14.2. The highest BCUT2D eigenvalue weighted by Gasteiger charge is 2.34. The largest absolute Gasteiger partial charge is 0.496 e. The number of aryl methyl sites for hydroxylation is 1. The van der Waals surface area contributed by atoms with Crippen LogP contribution in [0.4, 0.5) is 0 Å². The number of fused-ring (bicyclic) bond motifs is 1. The van der Waals surface area contributed by atoms with Gasteiger partial charge < -0.3 is 23.8 Å². The summed E-state index contributed by atoms with van der Waals surface area (Å²) >= 11 is 0. The fourth-order valence-electron chi connectivity index (χ4n) is 5.18. The number of methoxy groups -OCH3 is 4. The number of benzene rings is 3. The van der Waals surface area contributed by atoms with E-state index in [9.17, 15) is 4.79 Å². The molecule has 194 valence electrons. The van der Waals surface area contributed by atoms with Gasteiger partial charge in [-0.1, -0.05) is 43.9 Å². The van der Waals surface area contributed by atoms with Crippen LogP contribution < -0.4 is 24.1 Å². The molecule has 7 heteroatoms. The van der Waals surface area contributed by atoms with Crippen molar-refractivity contribution in [3.05, 3.63) is 41.5 Å². The van der Waals surface area contributed by atoms with Gasteiger partial charge in [0.15, 0.2) is 0 Å². The lowest BCUT2D eigenvalue weighted by molar-refractivity contribution is 0.0770. The summed E-state index contributed by atoms with van der Waals surface area (Å²) in [5.41, 5.74) is 3.11. The van der Waals surface area contributed by atoms with Crippen molar-refractivity contribution >= 4 is 29.9 Å². The molecule has 0 N–H and O–H groups in total. The second-order valence-corrected chi connectivity index (χ2v) is 14.8. The zero-order valence-corrected chi connectivity index (χ0v) is 24.3. The van der Waals surface area contributed by atoms with Crippen molar-refractivity contribution in [2.75, 3.05) is 41.5 Å². The quantitative estimate of drug-likeness (QED) is 0.337. The van der Waals surface area contributed by atoms with Crippen LogP contribution in [0.25, 0.3) is 21.9 Å². The van der Waals surface area contributed by atoms with E-state index in [0.29, 0.717) is 46.9 Å². The highest BCUT2D eigenvalue weighted by molar-refractivity contribution is 6.89. The van der Waals surface area contributed by atoms with Gasteiger partial charge in [-0.3, -0.25) is 4.79 Å². The van der Waals surface area contributed by atoms with Gasteiger partial charge >= 0.3 is 0 Å². The molecule has 0 atom stereocenters. The van der Waals surface area contributed by atoms with E-state index in [1.807, 2.05) is 38.1 Å². The van der Waals surface area contributed by atoms with Crippen LogP contribution in [-0.4, -0.2) is 60.4 Å². The van der Waals surface area contributed by atoms with Crippen molar-refractivity contribution in [1.82, 2.24) is 4.90 Å². The normalized spacial score (nSPS) is 11.4. The van der Waals surface area contributed by atoms with Crippen molar-refractivity contribution < 1.29 is 23.7 Å². The Kier molecular flexibility index (Phi) is 8.24. The maximum absolute atomic E-state index is 14.2. The molecule has 6 nitrogen and oxygen atoms in total. The average Bonchev–Trinajstić information content (AvgIpc) is 2.86. The van der Waals surface area contributed by atoms with Crippen LogP contribution in [0.15, 0.2) is 30.3 Å². The minimum atomic E-state index is -1.82. The molecule has 0 fully saturated rings. The number of amides is 1. The zero-order chi connectivity index (χ0) is 26.8. The SMILES string of the molecule is CCN(CC)C(=O)c1c(-c2ccc(C)c([Si](C)(C)C)c2OC)c(OC)c2cccc(OC)c2c1OC. The molecule has 0 saturated heterocycles. The van der Waals surface area contributed by atoms with E-state index in [1.54, 1.807) is 33.3 Å². The predicted octanol–water partition coefficient (Wildman–Crippen LogP) is 5.88. The molecule has 0 radical (unpaired) electrons. The molecule has 3 aromatic rings. The Hall–Kier alpha value is -3.19. The Labute approximate surface area is 216 Å². The van der Waals surface area contributed by atoms with Gasteiger partial charge in [-0.2, -0.15) is 0 Å². The number of nitrogens with zero attached hydrogens (tertiary/aromatic N) is 1. The highest BCUT2D eigenvalue weighted by atomic mass is 28.3. The van der Waals surface area contributed by atoms with Gasteiger partial charge in [-0.15, -0.1) is 0 Å². The Morgan fingerprint density at radius 3 is 1.94 bits per heavy atom. The Balaban J connectivity index is 2.67. The van der Waals surface area contributed by atoms with Gasteiger partial charge in [-0.25, -0.2) is 0 Å². The molecule has 1 amide bonds. The van der Waals surface area contributed by atoms with Crippen molar-refractivity contribution in [3.8, 4) is 34.1 Å². The first-order chi connectivity index (χ1) is 17.1. The molecule has 0 aliphatic heterocycles. The number of carbonyl (C=O) groups is 1. The number of carbonyl (C=O) groups excluding carboxylic acids is 1. The monoisotopic (exact) mass is 509 g/mol. The lowest BCUT2D eigenvalue weighted by atomic mass is 9.90. The van der Waals surface area contributed by atoms with Crippen molar-refractivity contribution in [3.63, 3.8) is 0 Å². The minimum absolute atomic E-state index is 0.130. The highest BCUT2D eigenvalue weighted by Crippen LogP contribution is 2.51. The second kappa shape index (κ2) is 10.8. The predicted molar refractivity (Wildman–Crippen MR) is 151 cm³/mol. The van der Waals surface area contributed by atoms with E-state index in [2.05, 4.69) is 32.6 Å². The molecule has 0 saturated carbocycles. The molecule has 36 heavy (non-hydrogen) atoms. The van der Waals surface area contributed by atoms with E-state index < -0.39 is 8.07 Å². The van der Waals surface area contributed by atoms with Crippen LogP contribution in [0.3, 0.4) is 0 Å². The fraction of sp³-hybridized carbons (Fsp3) is 0.414. The summed E-state index contributed by atoms with van der Waals surface area (Å²) in [6, 6.07) is 9.89. The van der Waals surface area contributed by atoms with Crippen molar-refractivity contribution in [2.24, 2.45) is 0 Å². The number of hydrogen-bond acceptors (Lipinski definition) is 5. The van der Waals surface area contributed by atoms with Gasteiger partial charge in [0.1, 0.15) is 23.0 Å². The van der Waals surface area contributed by atoms with Gasteiger partial charge in [0, 0.05) is 29.6 Å². The molecule has 0 heterocycles. The summed E-state index contributed by atoms with van der Waals surface area (Å²) in [7, 11) is 4.72. The van der Waals surface area contributed by atoms with Gasteiger partial charge in [-0.05, 0) is 37.6 Å². The number of rotatable bonds is 9. The standard InChI is InChI=1S/C29H39NO5Si/c1-11-30(12-2)29(31)24-23(20-17-16-18(3)28(26(20)34-6)36(8,9)10)25(33-5)19-14-13-15-21(32-4)22(19)27(24)35-7/h13-17H,11-12H2,1-10H3. The number of hydrogen-bond donors (Lipinski definition) is 0. The summed E-state index contributed by atoms with van der Waals surface area (Å²) < 4.78 is 23.9. The van der Waals surface area contributed by atoms with E-state index in [-0.39, 0.29) is 5.91 Å². The Morgan fingerprint density at radius 2 is 1.44 bits per heavy atom. The first-order valence-electron chi connectivity index (χ1n) is 12.3. The van der Waals surface area contributed by atoms with Crippen LogP contribution >= 0.6 is 0 Å². The van der Waals surface area contributed by atoms with E-state index in [0.717, 1.165) is 16.7 Å². The lowest BCUT2D eigenvalue weighted by Gasteiger charge is -2.28.